The van der Waals surface area contributed by atoms with Crippen LogP contribution in [0.4, 0.5) is 0 Å². The van der Waals surface area contributed by atoms with Crippen molar-refractivity contribution in [2.45, 2.75) is 31.9 Å². The van der Waals surface area contributed by atoms with Crippen LogP contribution in [-0.4, -0.2) is 25.9 Å². The van der Waals surface area contributed by atoms with Gasteiger partial charge in [0.1, 0.15) is 0 Å². The van der Waals surface area contributed by atoms with Gasteiger partial charge in [-0.1, -0.05) is 13.0 Å². The molecule has 0 saturated carbocycles. The van der Waals surface area contributed by atoms with E-state index in [0.717, 1.165) is 36.5 Å². The Balaban J connectivity index is 1.82. The molecule has 1 aromatic rings. The second kappa shape index (κ2) is 5.39. The average molecular weight is 263 g/mol. The monoisotopic (exact) mass is 263 g/mol. The normalized spacial score (nSPS) is 27.9. The molecule has 0 aliphatic carbocycles. The molecule has 0 spiro atoms. The van der Waals surface area contributed by atoms with Crippen LogP contribution in [0.5, 0.6) is 11.5 Å². The molecular formula is C15H21NO3. The van der Waals surface area contributed by atoms with E-state index in [1.54, 1.807) is 0 Å². The number of rotatable bonds is 2. The Morgan fingerprint density at radius 3 is 2.68 bits per heavy atom. The Labute approximate surface area is 113 Å². The van der Waals surface area contributed by atoms with E-state index >= 15 is 0 Å². The van der Waals surface area contributed by atoms with E-state index in [2.05, 4.69) is 6.92 Å². The molecule has 2 heterocycles. The van der Waals surface area contributed by atoms with Crippen LogP contribution >= 0.6 is 0 Å². The highest BCUT2D eigenvalue weighted by molar-refractivity contribution is 5.44. The summed E-state index contributed by atoms with van der Waals surface area (Å²) in [5, 5.41) is 0. The fourth-order valence-electron chi connectivity index (χ4n) is 2.75. The van der Waals surface area contributed by atoms with E-state index < -0.39 is 0 Å². The summed E-state index contributed by atoms with van der Waals surface area (Å²) in [5.41, 5.74) is 7.40. The second-order valence-electron chi connectivity index (χ2n) is 5.38. The summed E-state index contributed by atoms with van der Waals surface area (Å²) >= 11 is 0. The summed E-state index contributed by atoms with van der Waals surface area (Å²) in [4.78, 5) is 0. The molecular weight excluding hydrogens is 242 g/mol. The van der Waals surface area contributed by atoms with Crippen LogP contribution in [0.15, 0.2) is 18.2 Å². The Kier molecular flexibility index (Phi) is 3.62. The van der Waals surface area contributed by atoms with Gasteiger partial charge in [-0.25, -0.2) is 0 Å². The fourth-order valence-corrected chi connectivity index (χ4v) is 2.75. The van der Waals surface area contributed by atoms with E-state index in [9.17, 15) is 0 Å². The van der Waals surface area contributed by atoms with Gasteiger partial charge in [-0.3, -0.25) is 0 Å². The summed E-state index contributed by atoms with van der Waals surface area (Å²) in [6.45, 7) is 4.41. The number of nitrogens with two attached hydrogens (primary N) is 1. The van der Waals surface area contributed by atoms with E-state index in [1.165, 1.54) is 0 Å². The maximum Gasteiger partial charge on any atom is 0.161 e. The van der Waals surface area contributed by atoms with Crippen LogP contribution in [0.2, 0.25) is 0 Å². The molecule has 104 valence electrons. The van der Waals surface area contributed by atoms with Gasteiger partial charge < -0.3 is 19.9 Å². The van der Waals surface area contributed by atoms with Gasteiger partial charge in [-0.05, 0) is 30.0 Å². The Morgan fingerprint density at radius 1 is 1.16 bits per heavy atom. The molecule has 4 heteroatoms. The molecule has 2 aliphatic heterocycles. The minimum absolute atomic E-state index is 0.102. The molecule has 2 N–H and O–H groups in total. The Hall–Kier alpha value is -1.26. The maximum absolute atomic E-state index is 6.34. The molecule has 1 saturated heterocycles. The third-order valence-electron chi connectivity index (χ3n) is 3.95. The SMILES string of the molecule is CC1CCOC1C(N)c1ccc2c(c1)OCCCO2. The van der Waals surface area contributed by atoms with Gasteiger partial charge in [0.15, 0.2) is 11.5 Å². The molecule has 0 bridgehead atoms. The van der Waals surface area contributed by atoms with Gasteiger partial charge in [-0.2, -0.15) is 0 Å². The van der Waals surface area contributed by atoms with E-state index in [1.807, 2.05) is 18.2 Å². The van der Waals surface area contributed by atoms with Crippen LogP contribution in [0.1, 0.15) is 31.4 Å². The van der Waals surface area contributed by atoms with Crippen molar-refractivity contribution in [2.24, 2.45) is 11.7 Å². The van der Waals surface area contributed by atoms with Crippen molar-refractivity contribution in [3.63, 3.8) is 0 Å². The maximum atomic E-state index is 6.34. The van der Waals surface area contributed by atoms with Crippen molar-refractivity contribution in [3.8, 4) is 11.5 Å². The molecule has 3 unspecified atom stereocenters. The molecule has 19 heavy (non-hydrogen) atoms. The van der Waals surface area contributed by atoms with Crippen molar-refractivity contribution >= 4 is 0 Å². The lowest BCUT2D eigenvalue weighted by Crippen LogP contribution is -2.29. The standard InChI is InChI=1S/C15H21NO3/c1-10-5-8-19-15(10)14(16)11-3-4-12-13(9-11)18-7-2-6-17-12/h3-4,9-10,14-15H,2,5-8,16H2,1H3. The van der Waals surface area contributed by atoms with Crippen molar-refractivity contribution in [1.82, 2.24) is 0 Å². The third-order valence-corrected chi connectivity index (χ3v) is 3.95. The zero-order valence-corrected chi connectivity index (χ0v) is 11.3. The fraction of sp³-hybridized carbons (Fsp3) is 0.600. The van der Waals surface area contributed by atoms with Gasteiger partial charge in [0, 0.05) is 13.0 Å². The van der Waals surface area contributed by atoms with Gasteiger partial charge in [0.25, 0.3) is 0 Å². The van der Waals surface area contributed by atoms with Crippen LogP contribution in [-0.2, 0) is 4.74 Å². The van der Waals surface area contributed by atoms with Gasteiger partial charge in [0.05, 0.1) is 25.4 Å². The lowest BCUT2D eigenvalue weighted by molar-refractivity contribution is 0.0724. The molecule has 3 rings (SSSR count). The highest BCUT2D eigenvalue weighted by atomic mass is 16.5. The summed E-state index contributed by atoms with van der Waals surface area (Å²) in [5.74, 6) is 2.12. The third kappa shape index (κ3) is 2.55. The number of hydrogen-bond donors (Lipinski definition) is 1. The van der Waals surface area contributed by atoms with Crippen molar-refractivity contribution in [2.75, 3.05) is 19.8 Å². The first-order valence-corrected chi connectivity index (χ1v) is 7.02. The Bertz CT molecular complexity index is 449. The van der Waals surface area contributed by atoms with E-state index in [4.69, 9.17) is 19.9 Å². The van der Waals surface area contributed by atoms with Crippen molar-refractivity contribution < 1.29 is 14.2 Å². The highest BCUT2D eigenvalue weighted by Gasteiger charge is 2.31. The van der Waals surface area contributed by atoms with Crippen molar-refractivity contribution in [3.05, 3.63) is 23.8 Å². The molecule has 4 nitrogen and oxygen atoms in total. The van der Waals surface area contributed by atoms with Gasteiger partial charge in [0.2, 0.25) is 0 Å². The number of benzene rings is 1. The first kappa shape index (κ1) is 12.8. The quantitative estimate of drug-likeness (QED) is 0.889. The number of fused-ring (bicyclic) bond motifs is 1. The average Bonchev–Trinajstić information content (AvgIpc) is 2.72. The zero-order valence-electron chi connectivity index (χ0n) is 11.3. The minimum Gasteiger partial charge on any atom is -0.490 e. The number of hydrogen-bond acceptors (Lipinski definition) is 4. The predicted molar refractivity (Wildman–Crippen MR) is 72.5 cm³/mol. The molecule has 2 aliphatic rings. The molecule has 3 atom stereocenters. The van der Waals surface area contributed by atoms with Crippen LogP contribution in [0.25, 0.3) is 0 Å². The molecule has 1 aromatic carbocycles. The molecule has 0 aromatic heterocycles. The van der Waals surface area contributed by atoms with E-state index in [-0.39, 0.29) is 12.1 Å². The van der Waals surface area contributed by atoms with Crippen LogP contribution < -0.4 is 15.2 Å². The minimum atomic E-state index is -0.102. The predicted octanol–water partition coefficient (Wildman–Crippen LogP) is 2.27. The van der Waals surface area contributed by atoms with Gasteiger partial charge in [-0.15, -0.1) is 0 Å². The molecule has 0 radical (unpaired) electrons. The first-order chi connectivity index (χ1) is 9.25. The summed E-state index contributed by atoms with van der Waals surface area (Å²) < 4.78 is 17.1. The highest BCUT2D eigenvalue weighted by Crippen LogP contribution is 2.35. The summed E-state index contributed by atoms with van der Waals surface area (Å²) in [6, 6.07) is 5.87. The topological polar surface area (TPSA) is 53.7 Å². The molecule has 1 fully saturated rings. The first-order valence-electron chi connectivity index (χ1n) is 7.02. The lowest BCUT2D eigenvalue weighted by atomic mass is 9.93. The number of ether oxygens (including phenoxy) is 3. The lowest BCUT2D eigenvalue weighted by Gasteiger charge is -2.23. The zero-order chi connectivity index (χ0) is 13.2. The van der Waals surface area contributed by atoms with Gasteiger partial charge >= 0.3 is 0 Å². The molecule has 0 amide bonds. The second-order valence-corrected chi connectivity index (χ2v) is 5.38. The Morgan fingerprint density at radius 2 is 1.95 bits per heavy atom. The summed E-state index contributed by atoms with van der Waals surface area (Å²) in [7, 11) is 0. The summed E-state index contributed by atoms with van der Waals surface area (Å²) in [6.07, 6.45) is 2.10. The largest absolute Gasteiger partial charge is 0.490 e. The van der Waals surface area contributed by atoms with E-state index in [0.29, 0.717) is 19.1 Å². The smallest absolute Gasteiger partial charge is 0.161 e. The van der Waals surface area contributed by atoms with Crippen molar-refractivity contribution in [1.29, 1.82) is 0 Å². The van der Waals surface area contributed by atoms with Crippen LogP contribution in [0.3, 0.4) is 0 Å². The van der Waals surface area contributed by atoms with Crippen LogP contribution in [0, 0.1) is 5.92 Å².